The van der Waals surface area contributed by atoms with E-state index in [1.165, 1.54) is 4.90 Å². The number of hydrogen-bond donors (Lipinski definition) is 0. The van der Waals surface area contributed by atoms with Gasteiger partial charge >= 0.3 is 6.09 Å². The quantitative estimate of drug-likeness (QED) is 0.298. The van der Waals surface area contributed by atoms with Gasteiger partial charge in [0.15, 0.2) is 11.9 Å². The summed E-state index contributed by atoms with van der Waals surface area (Å²) >= 11 is 10.4. The third-order valence-corrected chi connectivity index (χ3v) is 8.06. The van der Waals surface area contributed by atoms with E-state index in [0.29, 0.717) is 31.0 Å². The van der Waals surface area contributed by atoms with E-state index in [9.17, 15) is 4.79 Å². The first-order valence-electron chi connectivity index (χ1n) is 13.3. The van der Waals surface area contributed by atoms with Crippen LogP contribution in [0.25, 0.3) is 10.9 Å². The number of unbranched alkanes of at least 4 members (excludes halogenated alkanes) is 1. The van der Waals surface area contributed by atoms with E-state index in [-0.39, 0.29) is 19.4 Å². The molecule has 2 saturated heterocycles. The Kier molecular flexibility index (Phi) is 9.41. The molecule has 2 fully saturated rings. The second-order valence-electron chi connectivity index (χ2n) is 11.2. The Bertz CT molecular complexity index is 1090. The molecule has 10 heteroatoms. The van der Waals surface area contributed by atoms with Crippen LogP contribution in [-0.4, -0.2) is 65.0 Å². The first kappa shape index (κ1) is 28.6. The molecule has 0 N–H and O–H groups in total. The molecule has 0 aliphatic carbocycles. The molecule has 0 radical (unpaired) electrons. The first-order chi connectivity index (χ1) is 17.6. The van der Waals surface area contributed by atoms with Crippen molar-refractivity contribution in [3.05, 3.63) is 27.3 Å². The second-order valence-corrected chi connectivity index (χ2v) is 12.4. The van der Waals surface area contributed by atoms with Crippen molar-refractivity contribution in [1.82, 2.24) is 14.7 Å². The molecule has 2 atom stereocenters. The van der Waals surface area contributed by atoms with E-state index < -0.39 is 17.4 Å². The summed E-state index contributed by atoms with van der Waals surface area (Å²) in [6, 6.07) is 1.98. The molecule has 2 aromatic rings. The van der Waals surface area contributed by atoms with Crippen LogP contribution in [-0.2, 0) is 20.6 Å². The Balaban J connectivity index is 1.25. The number of nitrogens with zero attached hydrogens (tertiary/aromatic N) is 3. The average molecular weight is 603 g/mol. The minimum Gasteiger partial charge on any atom is -0.444 e. The summed E-state index contributed by atoms with van der Waals surface area (Å²) in [5, 5.41) is 6.31. The molecule has 7 nitrogen and oxygen atoms in total. The normalized spacial score (nSPS) is 23.0. The van der Waals surface area contributed by atoms with Gasteiger partial charge in [-0.3, -0.25) is 0 Å². The van der Waals surface area contributed by atoms with Gasteiger partial charge in [-0.15, -0.1) is 0 Å². The molecule has 206 valence electrons. The van der Waals surface area contributed by atoms with E-state index in [1.54, 1.807) is 0 Å². The van der Waals surface area contributed by atoms with E-state index in [2.05, 4.69) is 21.0 Å². The fourth-order valence-corrected chi connectivity index (χ4v) is 6.11. The highest BCUT2D eigenvalue weighted by atomic mass is 79.9. The van der Waals surface area contributed by atoms with E-state index >= 15 is 4.39 Å². The summed E-state index contributed by atoms with van der Waals surface area (Å²) in [5.41, 5.74) is -0.136. The van der Waals surface area contributed by atoms with Crippen LogP contribution >= 0.6 is 27.5 Å². The Morgan fingerprint density at radius 2 is 2.14 bits per heavy atom. The van der Waals surface area contributed by atoms with Crippen LogP contribution in [0.1, 0.15) is 77.5 Å². The zero-order chi connectivity index (χ0) is 26.6. The number of carbonyl (C=O) groups is 1. The number of rotatable bonds is 8. The predicted molar refractivity (Wildman–Crippen MR) is 146 cm³/mol. The van der Waals surface area contributed by atoms with Gasteiger partial charge < -0.3 is 19.1 Å². The second kappa shape index (κ2) is 12.2. The van der Waals surface area contributed by atoms with Crippen molar-refractivity contribution in [3.8, 4) is 0 Å². The number of amides is 1. The van der Waals surface area contributed by atoms with E-state index in [1.807, 2.05) is 37.7 Å². The summed E-state index contributed by atoms with van der Waals surface area (Å²) in [5.74, 6) is 0. The zero-order valence-electron chi connectivity index (χ0n) is 22.0. The maximum absolute atomic E-state index is 15.4. The van der Waals surface area contributed by atoms with Crippen molar-refractivity contribution >= 4 is 44.5 Å². The largest absolute Gasteiger partial charge is 0.444 e. The van der Waals surface area contributed by atoms with E-state index in [4.69, 9.17) is 25.8 Å². The lowest BCUT2D eigenvalue weighted by Crippen LogP contribution is -2.51. The lowest BCUT2D eigenvalue weighted by molar-refractivity contribution is -0.0421. The smallest absolute Gasteiger partial charge is 0.410 e. The van der Waals surface area contributed by atoms with E-state index in [0.717, 1.165) is 66.1 Å². The maximum atomic E-state index is 15.4. The Morgan fingerprint density at radius 1 is 1.32 bits per heavy atom. The van der Waals surface area contributed by atoms with Gasteiger partial charge in [0, 0.05) is 34.6 Å². The molecule has 1 aromatic carbocycles. The number of alkyl halides is 1. The molecule has 1 aromatic heterocycles. The van der Waals surface area contributed by atoms with Gasteiger partial charge in [0.25, 0.3) is 0 Å². The summed E-state index contributed by atoms with van der Waals surface area (Å²) in [6.07, 6.45) is 7.91. The van der Waals surface area contributed by atoms with Gasteiger partial charge in [-0.25, -0.2) is 13.9 Å². The minimum absolute atomic E-state index is 0.00403. The number of carbonyl (C=O) groups excluding carboxylic acids is 1. The number of hydrogen-bond acceptors (Lipinski definition) is 5. The summed E-state index contributed by atoms with van der Waals surface area (Å²) in [4.78, 5) is 13.8. The Labute approximate surface area is 232 Å². The predicted octanol–water partition coefficient (Wildman–Crippen LogP) is 7.23. The molecule has 0 saturated carbocycles. The van der Waals surface area contributed by atoms with Crippen LogP contribution < -0.4 is 0 Å². The highest BCUT2D eigenvalue weighted by Gasteiger charge is 2.39. The van der Waals surface area contributed by atoms with Crippen molar-refractivity contribution in [2.45, 2.75) is 89.6 Å². The lowest BCUT2D eigenvalue weighted by atomic mass is 9.96. The molecule has 0 spiro atoms. The van der Waals surface area contributed by atoms with Crippen LogP contribution in [0.4, 0.5) is 9.18 Å². The van der Waals surface area contributed by atoms with Gasteiger partial charge in [0.2, 0.25) is 0 Å². The molecule has 3 heterocycles. The molecule has 1 unspecified atom stereocenters. The van der Waals surface area contributed by atoms with Gasteiger partial charge in [0.1, 0.15) is 5.60 Å². The van der Waals surface area contributed by atoms with Gasteiger partial charge in [-0.2, -0.15) is 5.10 Å². The summed E-state index contributed by atoms with van der Waals surface area (Å²) in [7, 11) is 0. The van der Waals surface area contributed by atoms with Crippen LogP contribution in [0, 0.1) is 0 Å². The number of piperidine rings is 1. The number of aromatic nitrogens is 2. The third-order valence-electron chi connectivity index (χ3n) is 6.82. The number of fused-ring (bicyclic) bond motifs is 1. The molecular formula is C27H38BrClFN3O4. The van der Waals surface area contributed by atoms with Crippen molar-refractivity contribution < 1.29 is 23.4 Å². The zero-order valence-corrected chi connectivity index (χ0v) is 24.4. The number of likely N-dealkylation sites (tertiary alicyclic amines) is 1. The molecule has 2 aliphatic heterocycles. The molecule has 1 amide bonds. The standard InChI is InChI=1S/C27H38BrClFN3O4/c1-26(2,3)37-25(34)32-12-8-11-27(30,17-32)18-35-13-6-4-9-19-21(29)15-22-20(24(19)28)16-31-33(22)23-10-5-7-14-36-23/h15-16,23H,4-14,17-18H2,1-3H3/t23?,27-/m0/s1. The van der Waals surface area contributed by atoms with Crippen molar-refractivity contribution in [3.63, 3.8) is 0 Å². The van der Waals surface area contributed by atoms with Gasteiger partial charge in [0.05, 0.1) is 24.9 Å². The number of ether oxygens (including phenoxy) is 3. The maximum Gasteiger partial charge on any atom is 0.410 e. The highest BCUT2D eigenvalue weighted by Crippen LogP contribution is 2.36. The van der Waals surface area contributed by atoms with Gasteiger partial charge in [-0.1, -0.05) is 11.6 Å². The number of benzene rings is 1. The van der Waals surface area contributed by atoms with Gasteiger partial charge in [-0.05, 0) is 99.7 Å². The average Bonchev–Trinajstić information content (AvgIpc) is 3.26. The topological polar surface area (TPSA) is 65.8 Å². The Morgan fingerprint density at radius 3 is 2.86 bits per heavy atom. The SMILES string of the molecule is CC(C)(C)OC(=O)N1CCC[C@@](F)(COCCCCc2c(Cl)cc3c(cnn3C3CCCCO3)c2Br)C1. The third kappa shape index (κ3) is 7.37. The lowest BCUT2D eigenvalue weighted by Gasteiger charge is -2.37. The monoisotopic (exact) mass is 601 g/mol. The van der Waals surface area contributed by atoms with Crippen molar-refractivity contribution in [1.29, 1.82) is 0 Å². The molecule has 4 rings (SSSR count). The fraction of sp³-hybridized carbons (Fsp3) is 0.704. The summed E-state index contributed by atoms with van der Waals surface area (Å²) in [6.45, 7) is 7.12. The van der Waals surface area contributed by atoms with Crippen LogP contribution in [0.15, 0.2) is 16.7 Å². The molecule has 0 bridgehead atoms. The number of halogens is 3. The van der Waals surface area contributed by atoms with Crippen molar-refractivity contribution in [2.24, 2.45) is 0 Å². The highest BCUT2D eigenvalue weighted by molar-refractivity contribution is 9.10. The fourth-order valence-electron chi connectivity index (χ4n) is 4.98. The first-order valence-corrected chi connectivity index (χ1v) is 14.4. The van der Waals surface area contributed by atoms with Crippen LogP contribution in [0.5, 0.6) is 0 Å². The summed E-state index contributed by atoms with van der Waals surface area (Å²) < 4.78 is 35.3. The van der Waals surface area contributed by atoms with Crippen LogP contribution in [0.3, 0.4) is 0 Å². The molecular weight excluding hydrogens is 565 g/mol. The van der Waals surface area contributed by atoms with Crippen molar-refractivity contribution in [2.75, 3.05) is 32.9 Å². The Hall–Kier alpha value is -1.42. The molecule has 37 heavy (non-hydrogen) atoms. The van der Waals surface area contributed by atoms with Crippen LogP contribution in [0.2, 0.25) is 5.02 Å². The minimum atomic E-state index is -1.55. The molecule has 2 aliphatic rings.